The van der Waals surface area contributed by atoms with Gasteiger partial charge in [0.15, 0.2) is 0 Å². The molecule has 25 heavy (non-hydrogen) atoms. The number of hydrogen-bond donors (Lipinski definition) is 1. The Morgan fingerprint density at radius 1 is 1.12 bits per heavy atom. The Kier molecular flexibility index (Phi) is 5.67. The molecule has 0 atom stereocenters. The summed E-state index contributed by atoms with van der Waals surface area (Å²) in [7, 11) is -3.61. The number of benzene rings is 1. The van der Waals surface area contributed by atoms with Crippen molar-refractivity contribution >= 4 is 44.0 Å². The molecular formula is C16H14IN3O3S2. The molecule has 2 aromatic heterocycles. The zero-order chi connectivity index (χ0) is 17.9. The minimum Gasteiger partial charge on any atom is -0.268 e. The van der Waals surface area contributed by atoms with Crippen molar-refractivity contribution in [3.8, 4) is 10.6 Å². The van der Waals surface area contributed by atoms with Crippen LogP contribution in [-0.2, 0) is 16.6 Å². The lowest BCUT2D eigenvalue weighted by Gasteiger charge is -2.09. The molecule has 3 aromatic rings. The van der Waals surface area contributed by atoms with Gasteiger partial charge in [-0.1, -0.05) is 6.07 Å². The lowest BCUT2D eigenvalue weighted by atomic mass is 10.3. The second kappa shape index (κ2) is 7.77. The molecule has 0 saturated heterocycles. The molecule has 6 nitrogen and oxygen atoms in total. The van der Waals surface area contributed by atoms with E-state index in [9.17, 15) is 13.2 Å². The van der Waals surface area contributed by atoms with Crippen molar-refractivity contribution in [2.75, 3.05) is 6.54 Å². The van der Waals surface area contributed by atoms with Crippen LogP contribution in [0.15, 0.2) is 63.6 Å². The van der Waals surface area contributed by atoms with Crippen LogP contribution in [0.25, 0.3) is 10.6 Å². The highest BCUT2D eigenvalue weighted by atomic mass is 127. The van der Waals surface area contributed by atoms with E-state index in [4.69, 9.17) is 0 Å². The normalized spacial score (nSPS) is 11.6. The second-order valence-electron chi connectivity index (χ2n) is 5.11. The van der Waals surface area contributed by atoms with Gasteiger partial charge in [-0.15, -0.1) is 11.3 Å². The van der Waals surface area contributed by atoms with E-state index < -0.39 is 10.0 Å². The van der Waals surface area contributed by atoms with Gasteiger partial charge < -0.3 is 0 Å². The number of sulfonamides is 1. The highest BCUT2D eigenvalue weighted by Crippen LogP contribution is 2.21. The van der Waals surface area contributed by atoms with Gasteiger partial charge in [0.1, 0.15) is 5.69 Å². The molecule has 0 aliphatic rings. The summed E-state index contributed by atoms with van der Waals surface area (Å²) in [6.07, 6.45) is 0. The Morgan fingerprint density at radius 3 is 2.56 bits per heavy atom. The molecule has 0 bridgehead atoms. The van der Waals surface area contributed by atoms with Gasteiger partial charge in [0.25, 0.3) is 5.56 Å². The molecule has 0 amide bonds. The molecule has 0 aliphatic carbocycles. The maximum absolute atomic E-state index is 12.3. The van der Waals surface area contributed by atoms with Crippen molar-refractivity contribution in [3.05, 3.63) is 67.8 Å². The van der Waals surface area contributed by atoms with E-state index in [0.29, 0.717) is 5.69 Å². The molecule has 0 radical (unpaired) electrons. The number of halogens is 1. The van der Waals surface area contributed by atoms with Crippen molar-refractivity contribution in [2.24, 2.45) is 0 Å². The quantitative estimate of drug-likeness (QED) is 0.542. The zero-order valence-electron chi connectivity index (χ0n) is 12.9. The van der Waals surface area contributed by atoms with E-state index in [1.54, 1.807) is 30.3 Å². The number of nitrogens with zero attached hydrogens (tertiary/aromatic N) is 2. The predicted molar refractivity (Wildman–Crippen MR) is 106 cm³/mol. The van der Waals surface area contributed by atoms with Crippen LogP contribution in [0.4, 0.5) is 0 Å². The maximum atomic E-state index is 12.3. The molecule has 0 fully saturated rings. The Hall–Kier alpha value is -1.56. The third-order valence-corrected chi connectivity index (χ3v) is 6.47. The van der Waals surface area contributed by atoms with Gasteiger partial charge in [0.2, 0.25) is 10.0 Å². The average Bonchev–Trinajstić information content (AvgIpc) is 3.11. The van der Waals surface area contributed by atoms with Gasteiger partial charge in [0.05, 0.1) is 16.3 Å². The van der Waals surface area contributed by atoms with Gasteiger partial charge in [-0.05, 0) is 64.4 Å². The number of nitrogens with one attached hydrogen (secondary N) is 1. The molecule has 0 aliphatic heterocycles. The largest absolute Gasteiger partial charge is 0.268 e. The molecule has 1 aromatic carbocycles. The fourth-order valence-electron chi connectivity index (χ4n) is 2.15. The number of thiophene rings is 1. The van der Waals surface area contributed by atoms with E-state index in [1.807, 2.05) is 17.5 Å². The SMILES string of the molecule is O=c1ccc(-c2cccs2)nn1CCNS(=O)(=O)c1ccc(I)cc1. The Bertz CT molecular complexity index is 1010. The lowest BCUT2D eigenvalue weighted by molar-refractivity contribution is 0.549. The Morgan fingerprint density at radius 2 is 1.88 bits per heavy atom. The smallest absolute Gasteiger partial charge is 0.266 e. The highest BCUT2D eigenvalue weighted by Gasteiger charge is 2.13. The molecule has 1 N–H and O–H groups in total. The van der Waals surface area contributed by atoms with E-state index in [1.165, 1.54) is 22.1 Å². The summed E-state index contributed by atoms with van der Waals surface area (Å²) in [6.45, 7) is 0.233. The van der Waals surface area contributed by atoms with Crippen molar-refractivity contribution in [3.63, 3.8) is 0 Å². The fraction of sp³-hybridized carbons (Fsp3) is 0.125. The van der Waals surface area contributed by atoms with Crippen LogP contribution in [-0.4, -0.2) is 24.7 Å². The van der Waals surface area contributed by atoms with E-state index >= 15 is 0 Å². The number of hydrogen-bond acceptors (Lipinski definition) is 5. The van der Waals surface area contributed by atoms with E-state index in [-0.39, 0.29) is 23.5 Å². The molecule has 2 heterocycles. The third kappa shape index (κ3) is 4.54. The topological polar surface area (TPSA) is 81.1 Å². The Balaban J connectivity index is 1.70. The number of rotatable bonds is 6. The molecule has 9 heteroatoms. The van der Waals surface area contributed by atoms with Crippen LogP contribution < -0.4 is 10.3 Å². The van der Waals surface area contributed by atoms with Crippen molar-refractivity contribution in [1.29, 1.82) is 0 Å². The van der Waals surface area contributed by atoms with Gasteiger partial charge in [-0.25, -0.2) is 17.8 Å². The number of aromatic nitrogens is 2. The molecule has 3 rings (SSSR count). The molecule has 0 saturated carbocycles. The van der Waals surface area contributed by atoms with Crippen LogP contribution in [0.1, 0.15) is 0 Å². The first-order valence-electron chi connectivity index (χ1n) is 7.33. The highest BCUT2D eigenvalue weighted by molar-refractivity contribution is 14.1. The first-order chi connectivity index (χ1) is 12.0. The monoisotopic (exact) mass is 487 g/mol. The summed E-state index contributed by atoms with van der Waals surface area (Å²) < 4.78 is 29.2. The van der Waals surface area contributed by atoms with Gasteiger partial charge in [-0.3, -0.25) is 4.79 Å². The maximum Gasteiger partial charge on any atom is 0.266 e. The predicted octanol–water partition coefficient (Wildman–Crippen LogP) is 2.55. The van der Waals surface area contributed by atoms with Crippen LogP contribution in [0.2, 0.25) is 0 Å². The minimum atomic E-state index is -3.61. The summed E-state index contributed by atoms with van der Waals surface area (Å²) in [5.41, 5.74) is 0.420. The van der Waals surface area contributed by atoms with Crippen LogP contribution in [0.3, 0.4) is 0 Å². The van der Waals surface area contributed by atoms with Gasteiger partial charge in [0, 0.05) is 16.2 Å². The van der Waals surface area contributed by atoms with Crippen molar-refractivity contribution in [2.45, 2.75) is 11.4 Å². The first-order valence-corrected chi connectivity index (χ1v) is 10.8. The van der Waals surface area contributed by atoms with Crippen molar-refractivity contribution < 1.29 is 8.42 Å². The first kappa shape index (κ1) is 18.2. The summed E-state index contributed by atoms with van der Waals surface area (Å²) in [6, 6.07) is 13.5. The average molecular weight is 487 g/mol. The summed E-state index contributed by atoms with van der Waals surface area (Å²) in [5, 5.41) is 6.23. The molecular weight excluding hydrogens is 473 g/mol. The zero-order valence-corrected chi connectivity index (χ0v) is 16.7. The third-order valence-electron chi connectivity index (χ3n) is 3.38. The molecule has 0 unspecified atom stereocenters. The minimum absolute atomic E-state index is 0.0785. The molecule has 130 valence electrons. The van der Waals surface area contributed by atoms with Gasteiger partial charge in [-0.2, -0.15) is 5.10 Å². The van der Waals surface area contributed by atoms with Crippen LogP contribution in [0, 0.1) is 3.57 Å². The van der Waals surface area contributed by atoms with E-state index in [0.717, 1.165) is 8.45 Å². The van der Waals surface area contributed by atoms with Crippen LogP contribution in [0.5, 0.6) is 0 Å². The fourth-order valence-corrected chi connectivity index (χ4v) is 4.22. The summed E-state index contributed by atoms with van der Waals surface area (Å²) in [5.74, 6) is 0. The Labute approximate surface area is 162 Å². The second-order valence-corrected chi connectivity index (χ2v) is 9.07. The summed E-state index contributed by atoms with van der Waals surface area (Å²) >= 11 is 3.64. The van der Waals surface area contributed by atoms with Crippen molar-refractivity contribution in [1.82, 2.24) is 14.5 Å². The summed E-state index contributed by atoms with van der Waals surface area (Å²) in [4.78, 5) is 13.1. The van der Waals surface area contributed by atoms with Crippen LogP contribution >= 0.6 is 33.9 Å². The standard InChI is InChI=1S/C16H14IN3O3S2/c17-12-3-5-13(6-4-12)25(22,23)18-9-10-20-16(21)8-7-14(19-20)15-2-1-11-24-15/h1-8,11,18H,9-10H2. The lowest BCUT2D eigenvalue weighted by Crippen LogP contribution is -2.32. The van der Waals surface area contributed by atoms with Gasteiger partial charge >= 0.3 is 0 Å². The molecule has 0 spiro atoms. The van der Waals surface area contributed by atoms with E-state index in [2.05, 4.69) is 32.4 Å².